The summed E-state index contributed by atoms with van der Waals surface area (Å²) in [7, 11) is 1.88. The molecular formula is C15H19N3O. The summed E-state index contributed by atoms with van der Waals surface area (Å²) in [6, 6.07) is 8.36. The van der Waals surface area contributed by atoms with Gasteiger partial charge in [0.15, 0.2) is 0 Å². The van der Waals surface area contributed by atoms with Gasteiger partial charge in [0.25, 0.3) is 5.91 Å². The summed E-state index contributed by atoms with van der Waals surface area (Å²) in [5.74, 6) is 0.0890. The summed E-state index contributed by atoms with van der Waals surface area (Å²) in [4.78, 5) is 17.5. The van der Waals surface area contributed by atoms with Crippen molar-refractivity contribution in [1.29, 1.82) is 0 Å². The number of hydrogen-bond donors (Lipinski definition) is 2. The van der Waals surface area contributed by atoms with Crippen LogP contribution in [0.3, 0.4) is 0 Å². The Morgan fingerprint density at radius 1 is 1.42 bits per heavy atom. The number of para-hydroxylation sites is 1. The highest BCUT2D eigenvalue weighted by Crippen LogP contribution is 2.19. The van der Waals surface area contributed by atoms with Crippen LogP contribution in [0.25, 0.3) is 10.9 Å². The Balaban J connectivity index is 1.78. The Morgan fingerprint density at radius 2 is 2.26 bits per heavy atom. The molecule has 0 aliphatic carbocycles. The standard InChI is InChI=1S/C15H19N3O/c1-18(10-11-5-4-8-16-11)15(19)13-9-17-14-7-3-2-6-12(13)14/h2-3,6-7,9,11,16-17H,4-5,8,10H2,1H3. The van der Waals surface area contributed by atoms with Gasteiger partial charge in [-0.2, -0.15) is 0 Å². The lowest BCUT2D eigenvalue weighted by Crippen LogP contribution is -2.38. The molecule has 1 aliphatic rings. The summed E-state index contributed by atoms with van der Waals surface area (Å²) in [5, 5.41) is 4.42. The molecular weight excluding hydrogens is 238 g/mol. The van der Waals surface area contributed by atoms with E-state index in [1.54, 1.807) is 0 Å². The number of nitrogens with zero attached hydrogens (tertiary/aromatic N) is 1. The molecule has 0 spiro atoms. The lowest BCUT2D eigenvalue weighted by molar-refractivity contribution is 0.0786. The SMILES string of the molecule is CN(CC1CCCN1)C(=O)c1c[nH]c2ccccc12. The van der Waals surface area contributed by atoms with E-state index >= 15 is 0 Å². The average molecular weight is 257 g/mol. The highest BCUT2D eigenvalue weighted by Gasteiger charge is 2.21. The summed E-state index contributed by atoms with van der Waals surface area (Å²) in [6.07, 6.45) is 4.18. The number of amides is 1. The molecule has 2 aromatic rings. The van der Waals surface area contributed by atoms with Crippen LogP contribution < -0.4 is 5.32 Å². The molecule has 100 valence electrons. The molecule has 1 saturated heterocycles. The van der Waals surface area contributed by atoms with Gasteiger partial charge in [0, 0.05) is 36.7 Å². The van der Waals surface area contributed by atoms with Crippen LogP contribution in [0, 0.1) is 0 Å². The fraction of sp³-hybridized carbons (Fsp3) is 0.400. The Morgan fingerprint density at radius 3 is 3.05 bits per heavy atom. The molecule has 1 unspecified atom stereocenters. The number of nitrogens with one attached hydrogen (secondary N) is 2. The minimum atomic E-state index is 0.0890. The van der Waals surface area contributed by atoms with E-state index in [-0.39, 0.29) is 5.91 Å². The second-order valence-corrected chi connectivity index (χ2v) is 5.23. The van der Waals surface area contributed by atoms with Crippen LogP contribution in [-0.2, 0) is 0 Å². The number of aromatic nitrogens is 1. The number of hydrogen-bond acceptors (Lipinski definition) is 2. The van der Waals surface area contributed by atoms with Gasteiger partial charge in [-0.05, 0) is 25.5 Å². The van der Waals surface area contributed by atoms with Crippen molar-refractivity contribution in [2.45, 2.75) is 18.9 Å². The van der Waals surface area contributed by atoms with Gasteiger partial charge in [-0.25, -0.2) is 0 Å². The third-order valence-corrected chi connectivity index (χ3v) is 3.82. The molecule has 1 amide bonds. The van der Waals surface area contributed by atoms with E-state index < -0.39 is 0 Å². The average Bonchev–Trinajstić information content (AvgIpc) is 3.06. The fourth-order valence-corrected chi connectivity index (χ4v) is 2.78. The van der Waals surface area contributed by atoms with Crippen LogP contribution in [-0.4, -0.2) is 42.0 Å². The predicted octanol–water partition coefficient (Wildman–Crippen LogP) is 1.99. The summed E-state index contributed by atoms with van der Waals surface area (Å²) in [6.45, 7) is 1.85. The van der Waals surface area contributed by atoms with Crippen LogP contribution in [0.1, 0.15) is 23.2 Å². The molecule has 0 radical (unpaired) electrons. The maximum Gasteiger partial charge on any atom is 0.255 e. The summed E-state index contributed by atoms with van der Waals surface area (Å²) >= 11 is 0. The number of H-pyrrole nitrogens is 1. The molecule has 2 heterocycles. The molecule has 4 nitrogen and oxygen atoms in total. The number of fused-ring (bicyclic) bond motifs is 1. The smallest absolute Gasteiger partial charge is 0.255 e. The van der Waals surface area contributed by atoms with Crippen LogP contribution >= 0.6 is 0 Å². The number of rotatable bonds is 3. The highest BCUT2D eigenvalue weighted by atomic mass is 16.2. The first-order chi connectivity index (χ1) is 9.25. The lowest BCUT2D eigenvalue weighted by Gasteiger charge is -2.21. The molecule has 1 aromatic carbocycles. The van der Waals surface area contributed by atoms with Gasteiger partial charge >= 0.3 is 0 Å². The molecule has 1 aromatic heterocycles. The molecule has 3 rings (SSSR count). The first-order valence-corrected chi connectivity index (χ1v) is 6.80. The van der Waals surface area contributed by atoms with Gasteiger partial charge in [-0.15, -0.1) is 0 Å². The van der Waals surface area contributed by atoms with E-state index in [9.17, 15) is 4.79 Å². The van der Waals surface area contributed by atoms with Gasteiger partial charge < -0.3 is 15.2 Å². The Bertz CT molecular complexity index is 584. The van der Waals surface area contributed by atoms with Crippen molar-refractivity contribution in [3.05, 3.63) is 36.0 Å². The summed E-state index contributed by atoms with van der Waals surface area (Å²) < 4.78 is 0. The number of aromatic amines is 1. The summed E-state index contributed by atoms with van der Waals surface area (Å²) in [5.41, 5.74) is 1.77. The first kappa shape index (κ1) is 12.2. The maximum atomic E-state index is 12.5. The second kappa shape index (κ2) is 5.05. The lowest BCUT2D eigenvalue weighted by atomic mass is 10.1. The Hall–Kier alpha value is -1.81. The normalized spacial score (nSPS) is 18.9. The van der Waals surface area contributed by atoms with Crippen molar-refractivity contribution in [3.8, 4) is 0 Å². The van der Waals surface area contributed by atoms with Gasteiger partial charge in [0.05, 0.1) is 5.56 Å². The van der Waals surface area contributed by atoms with Crippen molar-refractivity contribution >= 4 is 16.8 Å². The number of carbonyl (C=O) groups excluding carboxylic acids is 1. The van der Waals surface area contributed by atoms with Crippen molar-refractivity contribution in [2.75, 3.05) is 20.1 Å². The zero-order chi connectivity index (χ0) is 13.2. The van der Waals surface area contributed by atoms with Crippen molar-refractivity contribution < 1.29 is 4.79 Å². The van der Waals surface area contributed by atoms with Crippen molar-refractivity contribution in [1.82, 2.24) is 15.2 Å². The quantitative estimate of drug-likeness (QED) is 0.883. The molecule has 0 bridgehead atoms. The van der Waals surface area contributed by atoms with E-state index in [0.29, 0.717) is 6.04 Å². The molecule has 0 saturated carbocycles. The molecule has 1 atom stereocenters. The Kier molecular flexibility index (Phi) is 3.25. The van der Waals surface area contributed by atoms with Crippen LogP contribution in [0.2, 0.25) is 0 Å². The minimum absolute atomic E-state index is 0.0890. The number of benzene rings is 1. The second-order valence-electron chi connectivity index (χ2n) is 5.23. The number of likely N-dealkylation sites (N-methyl/N-ethyl adjacent to an activating group) is 1. The molecule has 1 fully saturated rings. The fourth-order valence-electron chi connectivity index (χ4n) is 2.78. The van der Waals surface area contributed by atoms with E-state index in [1.165, 1.54) is 6.42 Å². The third-order valence-electron chi connectivity index (χ3n) is 3.82. The highest BCUT2D eigenvalue weighted by molar-refractivity contribution is 6.06. The zero-order valence-corrected chi connectivity index (χ0v) is 11.1. The zero-order valence-electron chi connectivity index (χ0n) is 11.1. The maximum absolute atomic E-state index is 12.5. The van der Waals surface area contributed by atoms with Crippen molar-refractivity contribution in [3.63, 3.8) is 0 Å². The largest absolute Gasteiger partial charge is 0.360 e. The number of carbonyl (C=O) groups is 1. The predicted molar refractivity (Wildman–Crippen MR) is 76.3 cm³/mol. The van der Waals surface area contributed by atoms with Crippen LogP contribution in [0.4, 0.5) is 0 Å². The topological polar surface area (TPSA) is 48.1 Å². The molecule has 2 N–H and O–H groups in total. The Labute approximate surface area is 112 Å². The monoisotopic (exact) mass is 257 g/mol. The van der Waals surface area contributed by atoms with Crippen LogP contribution in [0.15, 0.2) is 30.5 Å². The van der Waals surface area contributed by atoms with Gasteiger partial charge in [-0.3, -0.25) is 4.79 Å². The first-order valence-electron chi connectivity index (χ1n) is 6.80. The molecule has 19 heavy (non-hydrogen) atoms. The minimum Gasteiger partial charge on any atom is -0.360 e. The third kappa shape index (κ3) is 2.36. The van der Waals surface area contributed by atoms with Gasteiger partial charge in [0.2, 0.25) is 0 Å². The van der Waals surface area contributed by atoms with Crippen LogP contribution in [0.5, 0.6) is 0 Å². The molecule has 1 aliphatic heterocycles. The van der Waals surface area contributed by atoms with E-state index in [0.717, 1.165) is 36.0 Å². The molecule has 4 heteroatoms. The van der Waals surface area contributed by atoms with E-state index in [4.69, 9.17) is 0 Å². The van der Waals surface area contributed by atoms with Gasteiger partial charge in [-0.1, -0.05) is 18.2 Å². The van der Waals surface area contributed by atoms with E-state index in [1.807, 2.05) is 42.4 Å². The van der Waals surface area contributed by atoms with E-state index in [2.05, 4.69) is 10.3 Å². The van der Waals surface area contributed by atoms with Crippen molar-refractivity contribution in [2.24, 2.45) is 0 Å². The van der Waals surface area contributed by atoms with Gasteiger partial charge in [0.1, 0.15) is 0 Å².